The molecule has 0 aromatic heterocycles. The quantitative estimate of drug-likeness (QED) is 0.640. The summed E-state index contributed by atoms with van der Waals surface area (Å²) in [5, 5.41) is 11.8. The summed E-state index contributed by atoms with van der Waals surface area (Å²) in [6, 6.07) is 0.0288. The molecule has 0 bridgehead atoms. The van der Waals surface area contributed by atoms with Gasteiger partial charge in [-0.1, -0.05) is 0 Å². The first-order valence-corrected chi connectivity index (χ1v) is 4.91. The fourth-order valence-corrected chi connectivity index (χ4v) is 1.66. The van der Waals surface area contributed by atoms with E-state index < -0.39 is 6.17 Å². The van der Waals surface area contributed by atoms with Crippen LogP contribution in [-0.4, -0.2) is 55.5 Å². The summed E-state index contributed by atoms with van der Waals surface area (Å²) in [5.41, 5.74) is 0. The summed E-state index contributed by atoms with van der Waals surface area (Å²) < 4.78 is 13.1. The van der Waals surface area contributed by atoms with Crippen molar-refractivity contribution >= 4 is 0 Å². The van der Waals surface area contributed by atoms with Crippen molar-refractivity contribution in [2.75, 3.05) is 33.3 Å². The smallest absolute Gasteiger partial charge is 0.117 e. The summed E-state index contributed by atoms with van der Waals surface area (Å²) in [5.74, 6) is 0. The van der Waals surface area contributed by atoms with Gasteiger partial charge in [0.15, 0.2) is 0 Å². The van der Waals surface area contributed by atoms with Crippen LogP contribution >= 0.6 is 0 Å². The van der Waals surface area contributed by atoms with E-state index in [2.05, 4.69) is 5.32 Å². The molecule has 2 atom stereocenters. The van der Waals surface area contributed by atoms with Gasteiger partial charge in [-0.25, -0.2) is 4.39 Å². The Labute approximate surface area is 78.9 Å². The number of halogens is 1. The monoisotopic (exact) mass is 190 g/mol. The average Bonchev–Trinajstić information content (AvgIpc) is 2.48. The molecule has 1 fully saturated rings. The van der Waals surface area contributed by atoms with Gasteiger partial charge in [0.25, 0.3) is 0 Å². The fourth-order valence-electron chi connectivity index (χ4n) is 1.66. The van der Waals surface area contributed by atoms with Crippen molar-refractivity contribution in [3.8, 4) is 0 Å². The van der Waals surface area contributed by atoms with Crippen molar-refractivity contribution in [3.63, 3.8) is 0 Å². The largest absolute Gasteiger partial charge is 0.395 e. The molecule has 78 valence electrons. The van der Waals surface area contributed by atoms with E-state index in [9.17, 15) is 4.39 Å². The lowest BCUT2D eigenvalue weighted by molar-refractivity contribution is 0.206. The first-order chi connectivity index (χ1) is 6.24. The zero-order valence-electron chi connectivity index (χ0n) is 8.17. The molecule has 0 aliphatic carbocycles. The molecule has 0 saturated carbocycles. The van der Waals surface area contributed by atoms with Gasteiger partial charge in [0.1, 0.15) is 6.17 Å². The van der Waals surface area contributed by atoms with Gasteiger partial charge in [0.05, 0.1) is 6.61 Å². The third-order valence-corrected chi connectivity index (χ3v) is 2.57. The molecule has 13 heavy (non-hydrogen) atoms. The molecule has 1 aliphatic heterocycles. The highest BCUT2D eigenvalue weighted by Gasteiger charge is 2.25. The van der Waals surface area contributed by atoms with Gasteiger partial charge in [-0.2, -0.15) is 0 Å². The number of hydrogen-bond donors (Lipinski definition) is 2. The zero-order chi connectivity index (χ0) is 9.68. The van der Waals surface area contributed by atoms with Gasteiger partial charge < -0.3 is 15.3 Å². The van der Waals surface area contributed by atoms with Crippen molar-refractivity contribution in [1.29, 1.82) is 0 Å². The zero-order valence-corrected chi connectivity index (χ0v) is 8.17. The predicted octanol–water partition coefficient (Wildman–Crippen LogP) is 0.000600. The van der Waals surface area contributed by atoms with E-state index in [4.69, 9.17) is 5.11 Å². The van der Waals surface area contributed by atoms with Crippen LogP contribution in [0.3, 0.4) is 0 Å². The van der Waals surface area contributed by atoms with Crippen molar-refractivity contribution in [2.45, 2.75) is 25.1 Å². The molecule has 0 amide bonds. The summed E-state index contributed by atoms with van der Waals surface area (Å²) in [6.45, 7) is 2.49. The van der Waals surface area contributed by atoms with Crippen LogP contribution in [-0.2, 0) is 0 Å². The van der Waals surface area contributed by atoms with Crippen molar-refractivity contribution in [1.82, 2.24) is 10.2 Å². The van der Waals surface area contributed by atoms with Crippen molar-refractivity contribution in [2.24, 2.45) is 0 Å². The van der Waals surface area contributed by atoms with E-state index in [-0.39, 0.29) is 12.6 Å². The van der Waals surface area contributed by atoms with Gasteiger partial charge in [0.2, 0.25) is 0 Å². The third-order valence-electron chi connectivity index (χ3n) is 2.57. The van der Waals surface area contributed by atoms with Crippen LogP contribution in [0.25, 0.3) is 0 Å². The normalized spacial score (nSPS) is 28.6. The molecule has 1 saturated heterocycles. The Hall–Kier alpha value is -0.190. The molecular weight excluding hydrogens is 171 g/mol. The van der Waals surface area contributed by atoms with E-state index >= 15 is 0 Å². The van der Waals surface area contributed by atoms with Crippen molar-refractivity contribution < 1.29 is 9.50 Å². The number of aliphatic hydroxyl groups excluding tert-OH is 1. The molecule has 0 spiro atoms. The van der Waals surface area contributed by atoms with Crippen LogP contribution in [0.1, 0.15) is 12.8 Å². The SMILES string of the molecule is CN(CCO)CCC1NCCC1F. The first kappa shape index (κ1) is 10.9. The molecule has 0 radical (unpaired) electrons. The van der Waals surface area contributed by atoms with Crippen LogP contribution < -0.4 is 5.32 Å². The van der Waals surface area contributed by atoms with Crippen LogP contribution in [0.15, 0.2) is 0 Å². The maximum Gasteiger partial charge on any atom is 0.117 e. The Bertz CT molecular complexity index is 146. The van der Waals surface area contributed by atoms with Gasteiger partial charge >= 0.3 is 0 Å². The summed E-state index contributed by atoms with van der Waals surface area (Å²) in [7, 11) is 1.94. The molecule has 1 rings (SSSR count). The number of hydrogen-bond acceptors (Lipinski definition) is 3. The van der Waals surface area contributed by atoms with E-state index in [1.165, 1.54) is 0 Å². The molecule has 4 heteroatoms. The molecule has 2 unspecified atom stereocenters. The number of rotatable bonds is 5. The van der Waals surface area contributed by atoms with Crippen molar-refractivity contribution in [3.05, 3.63) is 0 Å². The molecule has 0 aromatic carbocycles. The number of alkyl halides is 1. The van der Waals surface area contributed by atoms with Crippen LogP contribution in [0.4, 0.5) is 4.39 Å². The van der Waals surface area contributed by atoms with Crippen LogP contribution in [0.2, 0.25) is 0 Å². The average molecular weight is 190 g/mol. The van der Waals surface area contributed by atoms with Gasteiger partial charge in [-0.15, -0.1) is 0 Å². The lowest BCUT2D eigenvalue weighted by atomic mass is 10.1. The lowest BCUT2D eigenvalue weighted by Crippen LogP contribution is -2.33. The van der Waals surface area contributed by atoms with Gasteiger partial charge in [0, 0.05) is 12.6 Å². The standard InChI is InChI=1S/C9H19FN2O/c1-12(6-7-13)5-3-9-8(10)2-4-11-9/h8-9,11,13H,2-7H2,1H3. The first-order valence-electron chi connectivity index (χ1n) is 4.91. The highest BCUT2D eigenvalue weighted by atomic mass is 19.1. The molecule has 1 aliphatic rings. The number of nitrogens with one attached hydrogen (secondary N) is 1. The number of aliphatic hydroxyl groups is 1. The minimum Gasteiger partial charge on any atom is -0.395 e. The highest BCUT2D eigenvalue weighted by Crippen LogP contribution is 2.13. The Morgan fingerprint density at radius 2 is 2.31 bits per heavy atom. The molecule has 2 N–H and O–H groups in total. The third kappa shape index (κ3) is 3.58. The Balaban J connectivity index is 2.10. The van der Waals surface area contributed by atoms with E-state index in [1.807, 2.05) is 11.9 Å². The highest BCUT2D eigenvalue weighted by molar-refractivity contribution is 4.83. The molecule has 0 aromatic rings. The number of likely N-dealkylation sites (N-methyl/N-ethyl adjacent to an activating group) is 1. The van der Waals surface area contributed by atoms with E-state index in [1.54, 1.807) is 0 Å². The van der Waals surface area contributed by atoms with Crippen LogP contribution in [0, 0.1) is 0 Å². The van der Waals surface area contributed by atoms with Gasteiger partial charge in [-0.05, 0) is 33.0 Å². The lowest BCUT2D eigenvalue weighted by Gasteiger charge is -2.19. The minimum absolute atomic E-state index is 0.0288. The molecule has 3 nitrogen and oxygen atoms in total. The van der Waals surface area contributed by atoms with Gasteiger partial charge in [-0.3, -0.25) is 0 Å². The summed E-state index contributed by atoms with van der Waals surface area (Å²) in [4.78, 5) is 2.02. The number of nitrogens with zero attached hydrogens (tertiary/aromatic N) is 1. The molecule has 1 heterocycles. The summed E-state index contributed by atoms with van der Waals surface area (Å²) >= 11 is 0. The molecular formula is C9H19FN2O. The Kier molecular flexibility index (Phi) is 4.62. The maximum absolute atomic E-state index is 13.1. The summed E-state index contributed by atoms with van der Waals surface area (Å²) in [6.07, 6.45) is 0.800. The second kappa shape index (κ2) is 5.52. The maximum atomic E-state index is 13.1. The Morgan fingerprint density at radius 3 is 2.85 bits per heavy atom. The Morgan fingerprint density at radius 1 is 1.54 bits per heavy atom. The van der Waals surface area contributed by atoms with E-state index in [0.29, 0.717) is 13.0 Å². The predicted molar refractivity (Wildman–Crippen MR) is 50.5 cm³/mol. The van der Waals surface area contributed by atoms with E-state index in [0.717, 1.165) is 19.5 Å². The second-order valence-corrected chi connectivity index (χ2v) is 3.68. The topological polar surface area (TPSA) is 35.5 Å². The van der Waals surface area contributed by atoms with Crippen LogP contribution in [0.5, 0.6) is 0 Å². The second-order valence-electron chi connectivity index (χ2n) is 3.68. The fraction of sp³-hybridized carbons (Fsp3) is 1.00. The minimum atomic E-state index is -0.678.